The minimum atomic E-state index is -0.373. The molecule has 0 saturated heterocycles. The summed E-state index contributed by atoms with van der Waals surface area (Å²) in [5, 5.41) is 11.4. The van der Waals surface area contributed by atoms with Gasteiger partial charge in [-0.2, -0.15) is 0 Å². The molecule has 0 spiro atoms. The monoisotopic (exact) mass is 261 g/mol. The van der Waals surface area contributed by atoms with Crippen LogP contribution in [0.4, 0.5) is 4.39 Å². The van der Waals surface area contributed by atoms with Crippen molar-refractivity contribution in [1.29, 1.82) is 0 Å². The van der Waals surface area contributed by atoms with Gasteiger partial charge in [-0.25, -0.2) is 4.39 Å². The van der Waals surface area contributed by atoms with E-state index in [0.717, 1.165) is 5.56 Å². The molecule has 0 aliphatic rings. The van der Waals surface area contributed by atoms with E-state index >= 15 is 0 Å². The van der Waals surface area contributed by atoms with Gasteiger partial charge in [0.1, 0.15) is 5.82 Å². The number of halogens is 1. The Bertz CT molecular complexity index is 662. The molecule has 0 fully saturated rings. The fraction of sp³-hybridized carbons (Fsp3) is 0.0769. The lowest BCUT2D eigenvalue weighted by Crippen LogP contribution is -2.29. The lowest BCUT2D eigenvalue weighted by Gasteiger charge is -2.07. The van der Waals surface area contributed by atoms with Gasteiger partial charge in [0.25, 0.3) is 5.56 Å². The third-order valence-corrected chi connectivity index (χ3v) is 2.67. The van der Waals surface area contributed by atoms with E-state index in [-0.39, 0.29) is 29.3 Å². The molecule has 0 atom stereocenters. The molecule has 2 aromatic rings. The Morgan fingerprint density at radius 2 is 2.00 bits per heavy atom. The topological polar surface area (TPSA) is 80.6 Å². The number of pyridine rings is 1. The van der Waals surface area contributed by atoms with Crippen LogP contribution in [0.3, 0.4) is 0 Å². The number of rotatable bonds is 3. The minimum absolute atomic E-state index is 0.118. The van der Waals surface area contributed by atoms with E-state index in [2.05, 4.69) is 5.16 Å². The largest absolute Gasteiger partial charge is 0.409 e. The molecule has 0 saturated carbocycles. The molecule has 0 aliphatic heterocycles. The summed E-state index contributed by atoms with van der Waals surface area (Å²) in [6.07, 6.45) is 1.58. The molecule has 6 heteroatoms. The van der Waals surface area contributed by atoms with E-state index in [9.17, 15) is 9.18 Å². The Balaban J connectivity index is 2.36. The lowest BCUT2D eigenvalue weighted by atomic mass is 10.2. The van der Waals surface area contributed by atoms with Crippen LogP contribution in [0.5, 0.6) is 0 Å². The summed E-state index contributed by atoms with van der Waals surface area (Å²) in [4.78, 5) is 12.1. The molecule has 1 aromatic carbocycles. The number of aromatic nitrogens is 1. The molecule has 0 radical (unpaired) electrons. The molecule has 5 nitrogen and oxygen atoms in total. The van der Waals surface area contributed by atoms with Gasteiger partial charge in [0.15, 0.2) is 5.84 Å². The Hall–Kier alpha value is -2.63. The van der Waals surface area contributed by atoms with Gasteiger partial charge in [-0.3, -0.25) is 4.79 Å². The van der Waals surface area contributed by atoms with Crippen LogP contribution in [0.2, 0.25) is 0 Å². The molecular weight excluding hydrogens is 249 g/mol. The third-order valence-electron chi connectivity index (χ3n) is 2.67. The van der Waals surface area contributed by atoms with Crippen LogP contribution in [-0.2, 0) is 6.54 Å². The maximum atomic E-state index is 12.8. The molecule has 1 aromatic heterocycles. The van der Waals surface area contributed by atoms with Crippen molar-refractivity contribution in [1.82, 2.24) is 4.57 Å². The second kappa shape index (κ2) is 5.34. The van der Waals surface area contributed by atoms with Gasteiger partial charge in [0, 0.05) is 6.20 Å². The summed E-state index contributed by atoms with van der Waals surface area (Å²) >= 11 is 0. The lowest BCUT2D eigenvalue weighted by molar-refractivity contribution is 0.318. The molecule has 0 unspecified atom stereocenters. The van der Waals surface area contributed by atoms with Crippen LogP contribution in [0.25, 0.3) is 0 Å². The Morgan fingerprint density at radius 3 is 2.63 bits per heavy atom. The van der Waals surface area contributed by atoms with Gasteiger partial charge in [0.05, 0.1) is 12.1 Å². The zero-order valence-electron chi connectivity index (χ0n) is 9.95. The van der Waals surface area contributed by atoms with Crippen molar-refractivity contribution in [3.05, 3.63) is 69.9 Å². The van der Waals surface area contributed by atoms with Crippen molar-refractivity contribution < 1.29 is 9.60 Å². The summed E-state index contributed by atoms with van der Waals surface area (Å²) in [6, 6.07) is 8.94. The summed E-state index contributed by atoms with van der Waals surface area (Å²) in [5.41, 5.74) is 5.94. The maximum Gasteiger partial charge on any atom is 0.261 e. The summed E-state index contributed by atoms with van der Waals surface area (Å²) in [7, 11) is 0. The number of nitrogens with two attached hydrogens (primary N) is 1. The molecule has 98 valence electrons. The average Bonchev–Trinajstić information content (AvgIpc) is 2.43. The first-order valence-corrected chi connectivity index (χ1v) is 5.53. The Kier molecular flexibility index (Phi) is 3.61. The molecule has 0 bridgehead atoms. The van der Waals surface area contributed by atoms with Crippen molar-refractivity contribution in [3.63, 3.8) is 0 Å². The highest BCUT2D eigenvalue weighted by Gasteiger charge is 2.07. The van der Waals surface area contributed by atoms with Crippen molar-refractivity contribution >= 4 is 5.84 Å². The highest BCUT2D eigenvalue weighted by atomic mass is 19.1. The minimum Gasteiger partial charge on any atom is -0.409 e. The molecule has 0 amide bonds. The summed E-state index contributed by atoms with van der Waals surface area (Å²) < 4.78 is 14.2. The SMILES string of the molecule is N/C(=N/O)c1cccn(Cc2ccc(F)cc2)c1=O. The standard InChI is InChI=1S/C13H12FN3O2/c14-10-5-3-9(4-6-10)8-17-7-1-2-11(13(17)18)12(15)16-19/h1-7,19H,8H2,(H2,15,16). The fourth-order valence-corrected chi connectivity index (χ4v) is 1.70. The highest BCUT2D eigenvalue weighted by Crippen LogP contribution is 2.04. The van der Waals surface area contributed by atoms with Gasteiger partial charge >= 0.3 is 0 Å². The molecule has 0 aliphatic carbocycles. The number of hydrogen-bond acceptors (Lipinski definition) is 3. The first-order valence-electron chi connectivity index (χ1n) is 5.53. The molecule has 2 rings (SSSR count). The Labute approximate surface area is 108 Å². The second-order valence-electron chi connectivity index (χ2n) is 3.97. The van der Waals surface area contributed by atoms with Gasteiger partial charge in [-0.05, 0) is 29.8 Å². The zero-order chi connectivity index (χ0) is 13.8. The van der Waals surface area contributed by atoms with Crippen LogP contribution < -0.4 is 11.3 Å². The Morgan fingerprint density at radius 1 is 1.32 bits per heavy atom. The van der Waals surface area contributed by atoms with E-state index in [4.69, 9.17) is 10.9 Å². The predicted molar refractivity (Wildman–Crippen MR) is 68.7 cm³/mol. The summed E-state index contributed by atoms with van der Waals surface area (Å²) in [5.74, 6) is -0.569. The van der Waals surface area contributed by atoms with E-state index in [1.54, 1.807) is 24.4 Å². The predicted octanol–water partition coefficient (Wildman–Crippen LogP) is 1.13. The van der Waals surface area contributed by atoms with Crippen LogP contribution >= 0.6 is 0 Å². The van der Waals surface area contributed by atoms with E-state index in [1.165, 1.54) is 22.8 Å². The van der Waals surface area contributed by atoms with Crippen LogP contribution in [0.1, 0.15) is 11.1 Å². The highest BCUT2D eigenvalue weighted by molar-refractivity contribution is 5.96. The first kappa shape index (κ1) is 12.8. The van der Waals surface area contributed by atoms with Crippen molar-refractivity contribution in [2.75, 3.05) is 0 Å². The van der Waals surface area contributed by atoms with Crippen molar-refractivity contribution in [2.45, 2.75) is 6.54 Å². The van der Waals surface area contributed by atoms with E-state index < -0.39 is 0 Å². The smallest absolute Gasteiger partial charge is 0.261 e. The van der Waals surface area contributed by atoms with E-state index in [1.807, 2.05) is 0 Å². The van der Waals surface area contributed by atoms with Crippen molar-refractivity contribution in [2.24, 2.45) is 10.9 Å². The number of amidine groups is 1. The first-order chi connectivity index (χ1) is 9.11. The van der Waals surface area contributed by atoms with Gasteiger partial charge in [-0.1, -0.05) is 17.3 Å². The van der Waals surface area contributed by atoms with Gasteiger partial charge in [-0.15, -0.1) is 0 Å². The van der Waals surface area contributed by atoms with Crippen LogP contribution in [-0.4, -0.2) is 15.6 Å². The zero-order valence-corrected chi connectivity index (χ0v) is 9.95. The number of oxime groups is 1. The molecule has 3 N–H and O–H groups in total. The van der Waals surface area contributed by atoms with E-state index in [0.29, 0.717) is 0 Å². The van der Waals surface area contributed by atoms with Gasteiger partial charge in [0.2, 0.25) is 0 Å². The normalized spacial score (nSPS) is 11.5. The molecule has 1 heterocycles. The second-order valence-corrected chi connectivity index (χ2v) is 3.97. The molecular formula is C13H12FN3O2. The fourth-order valence-electron chi connectivity index (χ4n) is 1.70. The number of benzene rings is 1. The average molecular weight is 261 g/mol. The van der Waals surface area contributed by atoms with Crippen LogP contribution in [0, 0.1) is 5.82 Å². The number of hydrogen-bond donors (Lipinski definition) is 2. The van der Waals surface area contributed by atoms with Gasteiger partial charge < -0.3 is 15.5 Å². The third kappa shape index (κ3) is 2.79. The summed E-state index contributed by atoms with van der Waals surface area (Å²) in [6.45, 7) is 0.283. The maximum absolute atomic E-state index is 12.8. The van der Waals surface area contributed by atoms with Crippen LogP contribution in [0.15, 0.2) is 52.5 Å². The molecule has 19 heavy (non-hydrogen) atoms. The van der Waals surface area contributed by atoms with Crippen molar-refractivity contribution in [3.8, 4) is 0 Å². The number of nitrogens with zero attached hydrogens (tertiary/aromatic N) is 2. The quantitative estimate of drug-likeness (QED) is 0.376.